The molecule has 0 atom stereocenters. The number of rotatable bonds is 4. The van der Waals surface area contributed by atoms with Crippen molar-refractivity contribution in [3.05, 3.63) is 70.4 Å². The van der Waals surface area contributed by atoms with Gasteiger partial charge in [-0.05, 0) is 30.3 Å². The molecule has 0 bridgehead atoms. The van der Waals surface area contributed by atoms with Crippen molar-refractivity contribution in [2.24, 2.45) is 0 Å². The highest BCUT2D eigenvalue weighted by Crippen LogP contribution is 2.16. The van der Waals surface area contributed by atoms with Crippen LogP contribution in [0.1, 0.15) is 10.5 Å². The molecule has 2 heterocycles. The van der Waals surface area contributed by atoms with E-state index in [1.807, 2.05) is 4.90 Å². The molecule has 0 aliphatic carbocycles. The number of nitrogens with zero attached hydrogens (tertiary/aromatic N) is 3. The Kier molecular flexibility index (Phi) is 5.53. The van der Waals surface area contributed by atoms with Gasteiger partial charge in [-0.1, -0.05) is 18.2 Å². The van der Waals surface area contributed by atoms with Crippen molar-refractivity contribution in [2.75, 3.05) is 38.0 Å². The summed E-state index contributed by atoms with van der Waals surface area (Å²) in [5.74, 6) is -0.814. The molecule has 2 aromatic carbocycles. The number of halogens is 1. The summed E-state index contributed by atoms with van der Waals surface area (Å²) in [6.07, 6.45) is 0. The molecule has 2 amide bonds. The molecule has 1 fully saturated rings. The molecule has 1 aliphatic rings. The van der Waals surface area contributed by atoms with Crippen molar-refractivity contribution in [3.8, 4) is 0 Å². The number of hydrogen-bond acceptors (Lipinski definition) is 5. The van der Waals surface area contributed by atoms with Crippen molar-refractivity contribution in [3.63, 3.8) is 0 Å². The van der Waals surface area contributed by atoms with Gasteiger partial charge in [-0.3, -0.25) is 19.3 Å². The molecular weight excluding hydrogens is 389 g/mol. The molecule has 0 radical (unpaired) electrons. The first-order chi connectivity index (χ1) is 14.5. The van der Waals surface area contributed by atoms with Crippen LogP contribution < -0.4 is 10.9 Å². The van der Waals surface area contributed by atoms with E-state index in [1.54, 1.807) is 29.2 Å². The van der Waals surface area contributed by atoms with Crippen LogP contribution in [0.4, 0.5) is 10.1 Å². The van der Waals surface area contributed by atoms with Crippen LogP contribution in [0.5, 0.6) is 0 Å². The van der Waals surface area contributed by atoms with Crippen molar-refractivity contribution < 1.29 is 14.0 Å². The largest absolute Gasteiger partial charge is 0.335 e. The number of nitrogens with one attached hydrogen (secondary N) is 2. The van der Waals surface area contributed by atoms with Crippen LogP contribution in [0.3, 0.4) is 0 Å². The lowest BCUT2D eigenvalue weighted by Gasteiger charge is -2.34. The van der Waals surface area contributed by atoms with Gasteiger partial charge in [0.2, 0.25) is 5.91 Å². The molecule has 154 valence electrons. The highest BCUT2D eigenvalue weighted by Gasteiger charge is 2.25. The monoisotopic (exact) mass is 409 g/mol. The number of aromatic amines is 1. The van der Waals surface area contributed by atoms with Crippen LogP contribution in [-0.2, 0) is 4.79 Å². The molecule has 1 aliphatic heterocycles. The van der Waals surface area contributed by atoms with Gasteiger partial charge in [0.15, 0.2) is 5.69 Å². The fraction of sp³-hybridized carbons (Fsp3) is 0.238. The van der Waals surface area contributed by atoms with E-state index in [1.165, 1.54) is 24.3 Å². The van der Waals surface area contributed by atoms with Crippen LogP contribution in [-0.4, -0.2) is 64.5 Å². The van der Waals surface area contributed by atoms with E-state index in [4.69, 9.17) is 0 Å². The topological polar surface area (TPSA) is 98.4 Å². The fourth-order valence-corrected chi connectivity index (χ4v) is 3.47. The maximum Gasteiger partial charge on any atom is 0.275 e. The van der Waals surface area contributed by atoms with Crippen molar-refractivity contribution in [1.82, 2.24) is 20.0 Å². The number of benzene rings is 2. The predicted octanol–water partition coefficient (Wildman–Crippen LogP) is 1.46. The normalized spacial score (nSPS) is 14.6. The zero-order valence-corrected chi connectivity index (χ0v) is 16.1. The average Bonchev–Trinajstić information content (AvgIpc) is 2.76. The van der Waals surface area contributed by atoms with E-state index in [0.29, 0.717) is 42.6 Å². The summed E-state index contributed by atoms with van der Waals surface area (Å²) >= 11 is 0. The SMILES string of the molecule is O=C(CN1CCN(C(=O)c2n[nH]c(=O)c3ccccc23)CC1)Nc1ccc(F)cc1. The van der Waals surface area contributed by atoms with Gasteiger partial charge in [-0.2, -0.15) is 5.10 Å². The molecule has 0 unspecified atom stereocenters. The maximum atomic E-state index is 13.0. The molecule has 1 aromatic heterocycles. The van der Waals surface area contributed by atoms with Gasteiger partial charge in [-0.25, -0.2) is 9.49 Å². The Morgan fingerprint density at radius 2 is 1.67 bits per heavy atom. The first kappa shape index (κ1) is 19.7. The van der Waals surface area contributed by atoms with Crippen molar-refractivity contribution in [1.29, 1.82) is 0 Å². The number of carbonyl (C=O) groups is 2. The third-order valence-corrected chi connectivity index (χ3v) is 5.05. The average molecular weight is 409 g/mol. The van der Waals surface area contributed by atoms with Gasteiger partial charge in [0, 0.05) is 37.3 Å². The second-order valence-electron chi connectivity index (χ2n) is 7.07. The van der Waals surface area contributed by atoms with Gasteiger partial charge in [0.05, 0.1) is 11.9 Å². The molecule has 30 heavy (non-hydrogen) atoms. The summed E-state index contributed by atoms with van der Waals surface area (Å²) in [5, 5.41) is 10.0. The van der Waals surface area contributed by atoms with E-state index in [9.17, 15) is 18.8 Å². The van der Waals surface area contributed by atoms with Gasteiger partial charge in [0.25, 0.3) is 11.5 Å². The molecule has 4 rings (SSSR count). The highest BCUT2D eigenvalue weighted by molar-refractivity contribution is 6.04. The quantitative estimate of drug-likeness (QED) is 0.680. The minimum atomic E-state index is -0.362. The predicted molar refractivity (Wildman–Crippen MR) is 110 cm³/mol. The smallest absolute Gasteiger partial charge is 0.275 e. The summed E-state index contributed by atoms with van der Waals surface area (Å²) in [7, 11) is 0. The molecule has 0 spiro atoms. The first-order valence-electron chi connectivity index (χ1n) is 9.56. The number of anilines is 1. The molecule has 2 N–H and O–H groups in total. The van der Waals surface area contributed by atoms with Crippen LogP contribution in [0.2, 0.25) is 0 Å². The number of amides is 2. The van der Waals surface area contributed by atoms with Crippen LogP contribution >= 0.6 is 0 Å². The number of H-pyrrole nitrogens is 1. The standard InChI is InChI=1S/C21H20FN5O3/c22-14-5-7-15(8-6-14)23-18(28)13-26-9-11-27(12-10-26)21(30)19-16-3-1-2-4-17(16)20(29)25-24-19/h1-8H,9-13H2,(H,23,28)(H,25,29). The first-order valence-corrected chi connectivity index (χ1v) is 9.56. The molecular formula is C21H20FN5O3. The van der Waals surface area contributed by atoms with E-state index in [-0.39, 0.29) is 35.4 Å². The molecule has 8 nitrogen and oxygen atoms in total. The minimum Gasteiger partial charge on any atom is -0.335 e. The summed E-state index contributed by atoms with van der Waals surface area (Å²) in [6.45, 7) is 2.13. The summed E-state index contributed by atoms with van der Waals surface area (Å²) in [5.41, 5.74) is 0.415. The van der Waals surface area contributed by atoms with Gasteiger partial charge in [-0.15, -0.1) is 0 Å². The minimum absolute atomic E-state index is 0.180. The van der Waals surface area contributed by atoms with Gasteiger partial charge in [0.1, 0.15) is 5.82 Å². The van der Waals surface area contributed by atoms with Crippen LogP contribution in [0, 0.1) is 5.82 Å². The van der Waals surface area contributed by atoms with E-state index < -0.39 is 0 Å². The summed E-state index contributed by atoms with van der Waals surface area (Å²) in [6, 6.07) is 12.4. The van der Waals surface area contributed by atoms with Crippen molar-refractivity contribution >= 4 is 28.3 Å². The number of aromatic nitrogens is 2. The van der Waals surface area contributed by atoms with E-state index in [0.717, 1.165) is 0 Å². The maximum absolute atomic E-state index is 13.0. The van der Waals surface area contributed by atoms with Crippen molar-refractivity contribution in [2.45, 2.75) is 0 Å². The third kappa shape index (κ3) is 4.20. The number of hydrogen-bond donors (Lipinski definition) is 2. The number of piperazine rings is 1. The zero-order chi connectivity index (χ0) is 21.1. The Morgan fingerprint density at radius 1 is 1.00 bits per heavy atom. The fourth-order valence-electron chi connectivity index (χ4n) is 3.47. The van der Waals surface area contributed by atoms with Crippen LogP contribution in [0.25, 0.3) is 10.8 Å². The van der Waals surface area contributed by atoms with Gasteiger partial charge < -0.3 is 10.2 Å². The van der Waals surface area contributed by atoms with E-state index in [2.05, 4.69) is 15.5 Å². The van der Waals surface area contributed by atoms with E-state index >= 15 is 0 Å². The lowest BCUT2D eigenvalue weighted by Crippen LogP contribution is -2.50. The third-order valence-electron chi connectivity index (χ3n) is 5.05. The number of fused-ring (bicyclic) bond motifs is 1. The second-order valence-corrected chi connectivity index (χ2v) is 7.07. The van der Waals surface area contributed by atoms with Gasteiger partial charge >= 0.3 is 0 Å². The molecule has 1 saturated heterocycles. The molecule has 0 saturated carbocycles. The second kappa shape index (κ2) is 8.42. The number of carbonyl (C=O) groups excluding carboxylic acids is 2. The summed E-state index contributed by atoms with van der Waals surface area (Å²) < 4.78 is 13.0. The lowest BCUT2D eigenvalue weighted by molar-refractivity contribution is -0.117. The Labute approximate surface area is 171 Å². The Balaban J connectivity index is 1.36. The van der Waals surface area contributed by atoms with Crippen LogP contribution in [0.15, 0.2) is 53.3 Å². The lowest BCUT2D eigenvalue weighted by atomic mass is 10.1. The Bertz CT molecular complexity index is 1140. The summed E-state index contributed by atoms with van der Waals surface area (Å²) in [4.78, 5) is 40.7. The molecule has 9 heteroatoms. The molecule has 3 aromatic rings. The highest BCUT2D eigenvalue weighted by atomic mass is 19.1. The Morgan fingerprint density at radius 3 is 2.37 bits per heavy atom. The Hall–Kier alpha value is -3.59. The zero-order valence-electron chi connectivity index (χ0n) is 16.1.